The molecule has 0 N–H and O–H groups in total. The summed E-state index contributed by atoms with van der Waals surface area (Å²) in [5, 5.41) is 8.96. The zero-order valence-electron chi connectivity index (χ0n) is 15.8. The molecule has 1 aliphatic heterocycles. The van der Waals surface area contributed by atoms with E-state index in [4.69, 9.17) is 0 Å². The van der Waals surface area contributed by atoms with Crippen LogP contribution in [0.4, 0.5) is 5.82 Å². The van der Waals surface area contributed by atoms with E-state index < -0.39 is 0 Å². The minimum absolute atomic E-state index is 0.106. The first-order chi connectivity index (χ1) is 13.3. The molecule has 1 saturated heterocycles. The third-order valence-electron chi connectivity index (χ3n) is 6.35. The smallest absolute Gasteiger partial charge is 0.253 e. The summed E-state index contributed by atoms with van der Waals surface area (Å²) in [4.78, 5) is 19.2. The van der Waals surface area contributed by atoms with E-state index in [-0.39, 0.29) is 5.56 Å². The van der Waals surface area contributed by atoms with Crippen LogP contribution in [0.5, 0.6) is 0 Å². The molecule has 3 aliphatic rings. The van der Waals surface area contributed by atoms with Crippen molar-refractivity contribution in [2.45, 2.75) is 63.8 Å². The van der Waals surface area contributed by atoms with Gasteiger partial charge in [-0.2, -0.15) is 5.10 Å². The van der Waals surface area contributed by atoms with E-state index in [0.29, 0.717) is 11.8 Å². The zero-order valence-corrected chi connectivity index (χ0v) is 15.8. The number of aromatic nitrogens is 4. The van der Waals surface area contributed by atoms with Crippen molar-refractivity contribution in [3.8, 4) is 0 Å². The monoisotopic (exact) mass is 365 g/mol. The number of rotatable bonds is 4. The van der Waals surface area contributed by atoms with Crippen LogP contribution in [0.2, 0.25) is 0 Å². The summed E-state index contributed by atoms with van der Waals surface area (Å²) >= 11 is 0. The molecule has 0 spiro atoms. The Labute approximate surface area is 159 Å². The van der Waals surface area contributed by atoms with E-state index in [1.54, 1.807) is 17.0 Å². The molecular formula is C21H27N5O. The highest BCUT2D eigenvalue weighted by Gasteiger charge is 2.26. The maximum absolute atomic E-state index is 12.4. The van der Waals surface area contributed by atoms with E-state index in [2.05, 4.69) is 26.1 Å². The van der Waals surface area contributed by atoms with Gasteiger partial charge in [-0.25, -0.2) is 4.98 Å². The molecule has 2 aliphatic carbocycles. The van der Waals surface area contributed by atoms with Crippen molar-refractivity contribution < 1.29 is 0 Å². The SMILES string of the molecule is O=c1cc(C2CC2)ncn1CC1CCN(c2cc3c(nn2)CCCC3)CC1. The Bertz CT molecular complexity index is 880. The predicted molar refractivity (Wildman–Crippen MR) is 104 cm³/mol. The van der Waals surface area contributed by atoms with Gasteiger partial charge in [-0.3, -0.25) is 9.36 Å². The van der Waals surface area contributed by atoms with E-state index >= 15 is 0 Å². The molecule has 1 saturated carbocycles. The van der Waals surface area contributed by atoms with Crippen molar-refractivity contribution in [1.29, 1.82) is 0 Å². The summed E-state index contributed by atoms with van der Waals surface area (Å²) in [5.41, 5.74) is 3.68. The van der Waals surface area contributed by atoms with Gasteiger partial charge in [0.15, 0.2) is 5.82 Å². The molecule has 0 atom stereocenters. The van der Waals surface area contributed by atoms with Gasteiger partial charge in [0.05, 0.1) is 17.7 Å². The average molecular weight is 365 g/mol. The van der Waals surface area contributed by atoms with Crippen LogP contribution >= 0.6 is 0 Å². The maximum atomic E-state index is 12.4. The molecule has 6 heteroatoms. The molecule has 0 bridgehead atoms. The first-order valence-corrected chi connectivity index (χ1v) is 10.4. The van der Waals surface area contributed by atoms with Gasteiger partial charge in [0.1, 0.15) is 0 Å². The first-order valence-electron chi connectivity index (χ1n) is 10.4. The summed E-state index contributed by atoms with van der Waals surface area (Å²) in [6.07, 6.45) is 11.0. The summed E-state index contributed by atoms with van der Waals surface area (Å²) in [7, 11) is 0. The number of hydrogen-bond donors (Lipinski definition) is 0. The highest BCUT2D eigenvalue weighted by atomic mass is 16.1. The van der Waals surface area contributed by atoms with Crippen molar-refractivity contribution in [3.05, 3.63) is 45.8 Å². The van der Waals surface area contributed by atoms with Crippen molar-refractivity contribution in [1.82, 2.24) is 19.7 Å². The Morgan fingerprint density at radius 1 is 1.00 bits per heavy atom. The topological polar surface area (TPSA) is 63.9 Å². The Morgan fingerprint density at radius 3 is 2.59 bits per heavy atom. The highest BCUT2D eigenvalue weighted by molar-refractivity contribution is 5.42. The second-order valence-electron chi connectivity index (χ2n) is 8.39. The van der Waals surface area contributed by atoms with Crippen LogP contribution in [0.25, 0.3) is 0 Å². The number of hydrogen-bond acceptors (Lipinski definition) is 5. The lowest BCUT2D eigenvalue weighted by atomic mass is 9.95. The molecule has 5 rings (SSSR count). The summed E-state index contributed by atoms with van der Waals surface area (Å²) in [5.74, 6) is 2.09. The van der Waals surface area contributed by atoms with Crippen molar-refractivity contribution >= 4 is 5.82 Å². The summed E-state index contributed by atoms with van der Waals surface area (Å²) in [6.45, 7) is 2.75. The van der Waals surface area contributed by atoms with E-state index in [1.807, 2.05) is 0 Å². The Hall–Kier alpha value is -2.24. The Morgan fingerprint density at radius 2 is 1.81 bits per heavy atom. The van der Waals surface area contributed by atoms with Crippen LogP contribution in [-0.4, -0.2) is 32.8 Å². The highest BCUT2D eigenvalue weighted by Crippen LogP contribution is 2.38. The molecule has 27 heavy (non-hydrogen) atoms. The fourth-order valence-corrected chi connectivity index (χ4v) is 4.44. The number of aryl methyl sites for hydroxylation is 2. The van der Waals surface area contributed by atoms with E-state index in [9.17, 15) is 4.79 Å². The quantitative estimate of drug-likeness (QED) is 0.834. The van der Waals surface area contributed by atoms with Crippen molar-refractivity contribution in [3.63, 3.8) is 0 Å². The lowest BCUT2D eigenvalue weighted by Gasteiger charge is -2.33. The molecular weight excluding hydrogens is 338 g/mol. The molecule has 6 nitrogen and oxygen atoms in total. The zero-order chi connectivity index (χ0) is 18.2. The molecule has 0 unspecified atom stereocenters. The summed E-state index contributed by atoms with van der Waals surface area (Å²) < 4.78 is 1.80. The largest absolute Gasteiger partial charge is 0.355 e. The van der Waals surface area contributed by atoms with Gasteiger partial charge in [-0.15, -0.1) is 5.10 Å². The maximum Gasteiger partial charge on any atom is 0.253 e. The fraction of sp³-hybridized carbons (Fsp3) is 0.619. The minimum Gasteiger partial charge on any atom is -0.355 e. The Balaban J connectivity index is 1.21. The van der Waals surface area contributed by atoms with E-state index in [0.717, 1.165) is 56.8 Å². The molecule has 0 radical (unpaired) electrons. The van der Waals surface area contributed by atoms with Crippen LogP contribution in [0, 0.1) is 5.92 Å². The number of nitrogens with zero attached hydrogens (tertiary/aromatic N) is 5. The van der Waals surface area contributed by atoms with Crippen molar-refractivity contribution in [2.75, 3.05) is 18.0 Å². The fourth-order valence-electron chi connectivity index (χ4n) is 4.44. The van der Waals surface area contributed by atoms with Crippen LogP contribution in [0.1, 0.15) is 61.4 Å². The van der Waals surface area contributed by atoms with Crippen LogP contribution < -0.4 is 10.5 Å². The number of anilines is 1. The predicted octanol–water partition coefficient (Wildman–Crippen LogP) is 2.71. The molecule has 2 fully saturated rings. The van der Waals surface area contributed by atoms with Crippen molar-refractivity contribution in [2.24, 2.45) is 5.92 Å². The third-order valence-corrected chi connectivity index (χ3v) is 6.35. The second kappa shape index (κ2) is 7.06. The Kier molecular flexibility index (Phi) is 4.42. The molecule has 142 valence electrons. The lowest BCUT2D eigenvalue weighted by molar-refractivity contribution is 0.349. The van der Waals surface area contributed by atoms with Gasteiger partial charge < -0.3 is 4.90 Å². The van der Waals surface area contributed by atoms with Gasteiger partial charge >= 0.3 is 0 Å². The van der Waals surface area contributed by atoms with E-state index in [1.165, 1.54) is 36.9 Å². The molecule has 3 heterocycles. The van der Waals surface area contributed by atoms with Gasteiger partial charge in [0.25, 0.3) is 5.56 Å². The standard InChI is InChI=1S/C21H27N5O/c27-21-12-19(16-5-6-16)22-14-26(21)13-15-7-9-25(10-8-15)20-11-17-3-1-2-4-18(17)23-24-20/h11-12,14-16H,1-10,13H2. The minimum atomic E-state index is 0.106. The molecule has 2 aromatic rings. The summed E-state index contributed by atoms with van der Waals surface area (Å²) in [6, 6.07) is 4.00. The van der Waals surface area contributed by atoms with Gasteiger partial charge in [-0.1, -0.05) is 0 Å². The second-order valence-corrected chi connectivity index (χ2v) is 8.39. The van der Waals surface area contributed by atoms with Crippen LogP contribution in [0.15, 0.2) is 23.3 Å². The molecule has 2 aromatic heterocycles. The van der Waals surface area contributed by atoms with Gasteiger partial charge in [0.2, 0.25) is 0 Å². The van der Waals surface area contributed by atoms with Crippen LogP contribution in [0.3, 0.4) is 0 Å². The van der Waals surface area contributed by atoms with Crippen LogP contribution in [-0.2, 0) is 19.4 Å². The first kappa shape index (κ1) is 16.9. The lowest BCUT2D eigenvalue weighted by Crippen LogP contribution is -2.37. The molecule has 0 amide bonds. The number of piperidine rings is 1. The average Bonchev–Trinajstić information content (AvgIpc) is 3.55. The third kappa shape index (κ3) is 3.62. The van der Waals surface area contributed by atoms with Gasteiger partial charge in [0, 0.05) is 31.6 Å². The normalized spacial score (nSPS) is 20.5. The number of fused-ring (bicyclic) bond motifs is 1. The molecule has 0 aromatic carbocycles. The van der Waals surface area contributed by atoms with Gasteiger partial charge in [-0.05, 0) is 68.9 Å².